The quantitative estimate of drug-likeness (QED) is 0.833. The van der Waals surface area contributed by atoms with Gasteiger partial charge < -0.3 is 4.57 Å². The number of hydrogen-bond acceptors (Lipinski definition) is 3. The molecule has 0 amide bonds. The number of nitriles is 2. The number of halogens is 2. The summed E-state index contributed by atoms with van der Waals surface area (Å²) in [6.07, 6.45) is 1.36. The molecule has 1 heterocycles. The van der Waals surface area contributed by atoms with Gasteiger partial charge in [-0.3, -0.25) is 0 Å². The maximum Gasteiger partial charge on any atom is 0.176 e. The molecule has 0 aliphatic carbocycles. The Morgan fingerprint density at radius 3 is 2.78 bits per heavy atom. The van der Waals surface area contributed by atoms with E-state index < -0.39 is 5.82 Å². The van der Waals surface area contributed by atoms with Gasteiger partial charge in [-0.2, -0.15) is 10.5 Å². The second kappa shape index (κ2) is 4.87. The molecule has 0 saturated heterocycles. The SMILES string of the molecule is N#Cc1ncn(Cc2cc(F)ccc2Cl)c1C#N. The van der Waals surface area contributed by atoms with Crippen molar-refractivity contribution in [3.63, 3.8) is 0 Å². The highest BCUT2D eigenvalue weighted by atomic mass is 35.5. The normalized spacial score (nSPS) is 9.78. The highest BCUT2D eigenvalue weighted by molar-refractivity contribution is 6.31. The van der Waals surface area contributed by atoms with Crippen molar-refractivity contribution in [2.45, 2.75) is 6.54 Å². The van der Waals surface area contributed by atoms with Crippen LogP contribution in [0.25, 0.3) is 0 Å². The van der Waals surface area contributed by atoms with Crippen molar-refractivity contribution >= 4 is 11.6 Å². The second-order valence-corrected chi connectivity index (χ2v) is 3.94. The van der Waals surface area contributed by atoms with Crippen molar-refractivity contribution < 1.29 is 4.39 Å². The van der Waals surface area contributed by atoms with Gasteiger partial charge in [0.1, 0.15) is 18.0 Å². The van der Waals surface area contributed by atoms with E-state index in [2.05, 4.69) is 4.98 Å². The number of aromatic nitrogens is 2. The average molecular weight is 261 g/mol. The van der Waals surface area contributed by atoms with E-state index in [1.807, 2.05) is 12.1 Å². The Kier molecular flexibility index (Phi) is 3.27. The first kappa shape index (κ1) is 12.1. The van der Waals surface area contributed by atoms with Crippen molar-refractivity contribution in [2.24, 2.45) is 0 Å². The van der Waals surface area contributed by atoms with E-state index in [9.17, 15) is 4.39 Å². The molecule has 0 spiro atoms. The molecule has 2 aromatic rings. The van der Waals surface area contributed by atoms with Gasteiger partial charge in [0.2, 0.25) is 0 Å². The van der Waals surface area contributed by atoms with Crippen LogP contribution >= 0.6 is 11.6 Å². The van der Waals surface area contributed by atoms with Crippen LogP contribution in [0, 0.1) is 28.5 Å². The zero-order chi connectivity index (χ0) is 13.1. The molecule has 0 aliphatic rings. The maximum atomic E-state index is 13.1. The molecular formula is C12H6ClFN4. The Labute approximate surface area is 107 Å². The standard InChI is InChI=1S/C12H6ClFN4/c13-10-2-1-9(14)3-8(10)6-18-7-17-11(4-15)12(18)5-16/h1-3,7H,6H2. The van der Waals surface area contributed by atoms with Crippen LogP contribution in [0.1, 0.15) is 17.0 Å². The summed E-state index contributed by atoms with van der Waals surface area (Å²) >= 11 is 5.93. The average Bonchev–Trinajstić information content (AvgIpc) is 2.75. The van der Waals surface area contributed by atoms with E-state index in [1.54, 1.807) is 0 Å². The Morgan fingerprint density at radius 2 is 2.11 bits per heavy atom. The first-order chi connectivity index (χ1) is 8.65. The van der Waals surface area contributed by atoms with Crippen LogP contribution in [0.4, 0.5) is 4.39 Å². The number of rotatable bonds is 2. The van der Waals surface area contributed by atoms with Crippen LogP contribution in [0.15, 0.2) is 24.5 Å². The zero-order valence-corrected chi connectivity index (χ0v) is 9.82. The molecule has 6 heteroatoms. The van der Waals surface area contributed by atoms with Gasteiger partial charge in [-0.05, 0) is 23.8 Å². The van der Waals surface area contributed by atoms with Crippen molar-refractivity contribution in [3.8, 4) is 12.1 Å². The van der Waals surface area contributed by atoms with Gasteiger partial charge in [-0.15, -0.1) is 0 Å². The minimum absolute atomic E-state index is 0.0463. The van der Waals surface area contributed by atoms with E-state index in [0.717, 1.165) is 0 Å². The van der Waals surface area contributed by atoms with Crippen molar-refractivity contribution in [1.29, 1.82) is 10.5 Å². The van der Waals surface area contributed by atoms with Crippen LogP contribution in [-0.2, 0) is 6.54 Å². The number of nitrogens with zero attached hydrogens (tertiary/aromatic N) is 4. The first-order valence-corrected chi connectivity index (χ1v) is 5.32. The Bertz CT molecular complexity index is 678. The van der Waals surface area contributed by atoms with Crippen LogP contribution in [-0.4, -0.2) is 9.55 Å². The summed E-state index contributed by atoms with van der Waals surface area (Å²) in [6.45, 7) is 0.189. The van der Waals surface area contributed by atoms with Gasteiger partial charge in [0, 0.05) is 5.02 Å². The van der Waals surface area contributed by atoms with Gasteiger partial charge in [0.15, 0.2) is 11.4 Å². The number of imidazole rings is 1. The Balaban J connectivity index is 2.41. The van der Waals surface area contributed by atoms with E-state index in [1.165, 1.54) is 29.1 Å². The predicted molar refractivity (Wildman–Crippen MR) is 62.2 cm³/mol. The van der Waals surface area contributed by atoms with Gasteiger partial charge in [0.25, 0.3) is 0 Å². The van der Waals surface area contributed by atoms with E-state index in [-0.39, 0.29) is 17.9 Å². The topological polar surface area (TPSA) is 65.4 Å². The van der Waals surface area contributed by atoms with Crippen LogP contribution < -0.4 is 0 Å². The fourth-order valence-corrected chi connectivity index (χ4v) is 1.73. The highest BCUT2D eigenvalue weighted by Gasteiger charge is 2.11. The fourth-order valence-electron chi connectivity index (χ4n) is 1.55. The summed E-state index contributed by atoms with van der Waals surface area (Å²) in [4.78, 5) is 3.80. The second-order valence-electron chi connectivity index (χ2n) is 3.53. The molecule has 1 aromatic carbocycles. The minimum atomic E-state index is -0.409. The molecule has 2 rings (SSSR count). The third kappa shape index (κ3) is 2.17. The zero-order valence-electron chi connectivity index (χ0n) is 9.06. The molecule has 88 valence electrons. The lowest BCUT2D eigenvalue weighted by molar-refractivity contribution is 0.623. The maximum absolute atomic E-state index is 13.1. The molecule has 0 radical (unpaired) electrons. The molecule has 0 N–H and O–H groups in total. The number of benzene rings is 1. The van der Waals surface area contributed by atoms with Crippen LogP contribution in [0.5, 0.6) is 0 Å². The lowest BCUT2D eigenvalue weighted by Gasteiger charge is -2.06. The molecule has 0 unspecified atom stereocenters. The monoisotopic (exact) mass is 260 g/mol. The van der Waals surface area contributed by atoms with E-state index >= 15 is 0 Å². The summed E-state index contributed by atoms with van der Waals surface area (Å²) < 4.78 is 14.6. The molecule has 0 saturated carbocycles. The predicted octanol–water partition coefficient (Wildman–Crippen LogP) is 2.47. The molecule has 0 aliphatic heterocycles. The highest BCUT2D eigenvalue weighted by Crippen LogP contribution is 2.19. The van der Waals surface area contributed by atoms with Crippen molar-refractivity contribution in [2.75, 3.05) is 0 Å². The molecule has 4 nitrogen and oxygen atoms in total. The fraction of sp³-hybridized carbons (Fsp3) is 0.0833. The van der Waals surface area contributed by atoms with Crippen LogP contribution in [0.2, 0.25) is 5.02 Å². The molecular weight excluding hydrogens is 255 g/mol. The summed E-state index contributed by atoms with van der Waals surface area (Å²) in [7, 11) is 0. The molecule has 0 fully saturated rings. The molecule has 0 bridgehead atoms. The largest absolute Gasteiger partial charge is 0.317 e. The summed E-state index contributed by atoms with van der Waals surface area (Å²) in [5, 5.41) is 18.1. The van der Waals surface area contributed by atoms with E-state index in [4.69, 9.17) is 22.1 Å². The van der Waals surface area contributed by atoms with Gasteiger partial charge in [-0.1, -0.05) is 11.6 Å². The molecule has 1 aromatic heterocycles. The van der Waals surface area contributed by atoms with Crippen molar-refractivity contribution in [3.05, 3.63) is 52.3 Å². The van der Waals surface area contributed by atoms with Gasteiger partial charge in [0.05, 0.1) is 12.9 Å². The Morgan fingerprint density at radius 1 is 1.33 bits per heavy atom. The number of hydrogen-bond donors (Lipinski definition) is 0. The Hall–Kier alpha value is -2.37. The lowest BCUT2D eigenvalue weighted by Crippen LogP contribution is -2.02. The first-order valence-electron chi connectivity index (χ1n) is 4.95. The summed E-state index contributed by atoms with van der Waals surface area (Å²) in [5.74, 6) is -0.409. The lowest BCUT2D eigenvalue weighted by atomic mass is 10.2. The van der Waals surface area contributed by atoms with Gasteiger partial charge in [-0.25, -0.2) is 9.37 Å². The van der Waals surface area contributed by atoms with Gasteiger partial charge >= 0.3 is 0 Å². The third-order valence-electron chi connectivity index (χ3n) is 2.40. The van der Waals surface area contributed by atoms with Crippen molar-refractivity contribution in [1.82, 2.24) is 9.55 Å². The molecule has 0 atom stereocenters. The summed E-state index contributed by atoms with van der Waals surface area (Å²) in [6, 6.07) is 7.70. The molecule has 18 heavy (non-hydrogen) atoms. The minimum Gasteiger partial charge on any atom is -0.317 e. The van der Waals surface area contributed by atoms with E-state index in [0.29, 0.717) is 10.6 Å². The third-order valence-corrected chi connectivity index (χ3v) is 2.77. The smallest absolute Gasteiger partial charge is 0.176 e. The summed E-state index contributed by atoms with van der Waals surface area (Å²) in [5.41, 5.74) is 0.706. The van der Waals surface area contributed by atoms with Crippen LogP contribution in [0.3, 0.4) is 0 Å².